The highest BCUT2D eigenvalue weighted by Crippen LogP contribution is 2.41. The summed E-state index contributed by atoms with van der Waals surface area (Å²) < 4.78 is 0. The quantitative estimate of drug-likeness (QED) is 0.710. The van der Waals surface area contributed by atoms with Gasteiger partial charge < -0.3 is 10.2 Å². The van der Waals surface area contributed by atoms with Crippen LogP contribution in [0.3, 0.4) is 0 Å². The number of hydrogen-bond donors (Lipinski definition) is 1. The molecule has 0 radical (unpaired) electrons. The topological polar surface area (TPSA) is 32.3 Å². The van der Waals surface area contributed by atoms with Gasteiger partial charge in [-0.05, 0) is 44.1 Å². The van der Waals surface area contributed by atoms with Gasteiger partial charge in [-0.15, -0.1) is 0 Å². The Morgan fingerprint density at radius 3 is 2.50 bits per heavy atom. The first kappa shape index (κ1) is 9.97. The summed E-state index contributed by atoms with van der Waals surface area (Å²) in [6, 6.07) is 0.0874. The Kier molecular flexibility index (Phi) is 2.77. The highest BCUT2D eigenvalue weighted by molar-refractivity contribution is 5.81. The fraction of sp³-hybridized carbons (Fsp3) is 0.909. The summed E-state index contributed by atoms with van der Waals surface area (Å²) in [5, 5.41) is 3.32. The summed E-state index contributed by atoms with van der Waals surface area (Å²) in [5.74, 6) is 2.00. The molecule has 3 nitrogen and oxygen atoms in total. The van der Waals surface area contributed by atoms with E-state index in [0.29, 0.717) is 0 Å². The number of carbonyl (C=O) groups is 1. The van der Waals surface area contributed by atoms with Gasteiger partial charge in [0, 0.05) is 14.1 Å². The molecule has 1 amide bonds. The molecule has 1 N–H and O–H groups in total. The van der Waals surface area contributed by atoms with Crippen molar-refractivity contribution in [1.82, 2.24) is 10.2 Å². The van der Waals surface area contributed by atoms with Gasteiger partial charge in [-0.1, -0.05) is 0 Å². The van der Waals surface area contributed by atoms with Gasteiger partial charge in [0.2, 0.25) is 5.91 Å². The van der Waals surface area contributed by atoms with Gasteiger partial charge in [-0.25, -0.2) is 0 Å². The van der Waals surface area contributed by atoms with E-state index in [9.17, 15) is 4.79 Å². The van der Waals surface area contributed by atoms with E-state index in [1.165, 1.54) is 19.3 Å². The molecule has 0 aromatic carbocycles. The largest absolute Gasteiger partial charge is 0.347 e. The molecule has 0 aromatic heterocycles. The normalized spacial score (nSPS) is 32.7. The lowest BCUT2D eigenvalue weighted by atomic mass is 9.88. The number of piperidine rings is 1. The van der Waals surface area contributed by atoms with Crippen LogP contribution in [0.25, 0.3) is 0 Å². The molecular formula is C11H20N2O. The zero-order valence-corrected chi connectivity index (χ0v) is 9.12. The zero-order valence-electron chi connectivity index (χ0n) is 9.12. The average molecular weight is 196 g/mol. The van der Waals surface area contributed by atoms with E-state index in [-0.39, 0.29) is 11.9 Å². The molecule has 1 aliphatic heterocycles. The van der Waals surface area contributed by atoms with E-state index in [4.69, 9.17) is 0 Å². The lowest BCUT2D eigenvalue weighted by Gasteiger charge is -2.31. The second kappa shape index (κ2) is 3.89. The number of carbonyl (C=O) groups excluding carboxylic acids is 1. The SMILES string of the molecule is CN(C)C(=O)C1CC(C2CC2)CCN1. The summed E-state index contributed by atoms with van der Waals surface area (Å²) in [6.45, 7) is 1.02. The summed E-state index contributed by atoms with van der Waals surface area (Å²) in [5.41, 5.74) is 0. The van der Waals surface area contributed by atoms with Crippen LogP contribution in [0.4, 0.5) is 0 Å². The maximum atomic E-state index is 11.7. The van der Waals surface area contributed by atoms with Crippen LogP contribution in [-0.4, -0.2) is 37.5 Å². The standard InChI is InChI=1S/C11H20N2O/c1-13(2)11(14)10-7-9(5-6-12-10)8-3-4-8/h8-10,12H,3-7H2,1-2H3. The molecule has 2 aliphatic rings. The third kappa shape index (κ3) is 2.08. The minimum atomic E-state index is 0.0874. The molecular weight excluding hydrogens is 176 g/mol. The third-order valence-electron chi connectivity index (χ3n) is 3.47. The molecule has 2 fully saturated rings. The predicted octanol–water partition coefficient (Wildman–Crippen LogP) is 0.853. The summed E-state index contributed by atoms with van der Waals surface area (Å²) in [6.07, 6.45) is 5.12. The second-order valence-electron chi connectivity index (χ2n) is 4.86. The molecule has 0 spiro atoms. The minimum absolute atomic E-state index is 0.0874. The van der Waals surface area contributed by atoms with Crippen LogP contribution in [0.15, 0.2) is 0 Å². The van der Waals surface area contributed by atoms with Crippen LogP contribution in [0.2, 0.25) is 0 Å². The van der Waals surface area contributed by atoms with Crippen molar-refractivity contribution in [2.45, 2.75) is 31.7 Å². The minimum Gasteiger partial charge on any atom is -0.347 e. The number of amides is 1. The fourth-order valence-electron chi connectivity index (χ4n) is 2.44. The van der Waals surface area contributed by atoms with E-state index in [2.05, 4.69) is 5.32 Å². The summed E-state index contributed by atoms with van der Waals surface area (Å²) in [4.78, 5) is 13.5. The molecule has 2 rings (SSSR count). The van der Waals surface area contributed by atoms with Crippen molar-refractivity contribution in [2.75, 3.05) is 20.6 Å². The highest BCUT2D eigenvalue weighted by atomic mass is 16.2. The van der Waals surface area contributed by atoms with Crippen molar-refractivity contribution in [1.29, 1.82) is 0 Å². The van der Waals surface area contributed by atoms with Gasteiger partial charge in [0.1, 0.15) is 0 Å². The second-order valence-corrected chi connectivity index (χ2v) is 4.86. The maximum absolute atomic E-state index is 11.7. The smallest absolute Gasteiger partial charge is 0.239 e. The first-order valence-corrected chi connectivity index (χ1v) is 5.63. The van der Waals surface area contributed by atoms with E-state index >= 15 is 0 Å². The highest BCUT2D eigenvalue weighted by Gasteiger charge is 2.36. The molecule has 2 atom stereocenters. The Morgan fingerprint density at radius 2 is 1.93 bits per heavy atom. The molecule has 2 unspecified atom stereocenters. The first-order valence-electron chi connectivity index (χ1n) is 5.63. The number of nitrogens with zero attached hydrogens (tertiary/aromatic N) is 1. The van der Waals surface area contributed by atoms with Crippen molar-refractivity contribution in [3.8, 4) is 0 Å². The van der Waals surface area contributed by atoms with Crippen LogP contribution in [0.5, 0.6) is 0 Å². The number of nitrogens with one attached hydrogen (secondary N) is 1. The van der Waals surface area contributed by atoms with Gasteiger partial charge in [0.05, 0.1) is 6.04 Å². The maximum Gasteiger partial charge on any atom is 0.239 e. The van der Waals surface area contributed by atoms with E-state index in [1.54, 1.807) is 4.90 Å². The molecule has 1 saturated heterocycles. The molecule has 14 heavy (non-hydrogen) atoms. The van der Waals surface area contributed by atoms with Crippen LogP contribution in [-0.2, 0) is 4.79 Å². The predicted molar refractivity (Wildman–Crippen MR) is 55.9 cm³/mol. The Hall–Kier alpha value is -0.570. The lowest BCUT2D eigenvalue weighted by molar-refractivity contribution is -0.131. The van der Waals surface area contributed by atoms with Crippen LogP contribution in [0, 0.1) is 11.8 Å². The lowest BCUT2D eigenvalue weighted by Crippen LogP contribution is -2.48. The molecule has 0 aromatic rings. The summed E-state index contributed by atoms with van der Waals surface area (Å²) in [7, 11) is 3.68. The van der Waals surface area contributed by atoms with Gasteiger partial charge >= 0.3 is 0 Å². The first-order chi connectivity index (χ1) is 6.68. The molecule has 1 aliphatic carbocycles. The number of likely N-dealkylation sites (N-methyl/N-ethyl adjacent to an activating group) is 1. The van der Waals surface area contributed by atoms with Crippen molar-refractivity contribution in [3.05, 3.63) is 0 Å². The van der Waals surface area contributed by atoms with E-state index < -0.39 is 0 Å². The Labute approximate surface area is 85.8 Å². The Bertz CT molecular complexity index is 223. The summed E-state index contributed by atoms with van der Waals surface area (Å²) >= 11 is 0. The molecule has 3 heteroatoms. The van der Waals surface area contributed by atoms with Gasteiger partial charge in [0.25, 0.3) is 0 Å². The fourth-order valence-corrected chi connectivity index (χ4v) is 2.44. The van der Waals surface area contributed by atoms with Crippen LogP contribution >= 0.6 is 0 Å². The van der Waals surface area contributed by atoms with Crippen molar-refractivity contribution in [2.24, 2.45) is 11.8 Å². The molecule has 0 bridgehead atoms. The molecule has 80 valence electrons. The zero-order chi connectivity index (χ0) is 10.1. The number of hydrogen-bond acceptors (Lipinski definition) is 2. The van der Waals surface area contributed by atoms with Crippen LogP contribution < -0.4 is 5.32 Å². The molecule has 1 saturated carbocycles. The molecule has 1 heterocycles. The van der Waals surface area contributed by atoms with Gasteiger partial charge in [0.15, 0.2) is 0 Å². The monoisotopic (exact) mass is 196 g/mol. The van der Waals surface area contributed by atoms with Crippen molar-refractivity contribution >= 4 is 5.91 Å². The van der Waals surface area contributed by atoms with Crippen LogP contribution in [0.1, 0.15) is 25.7 Å². The number of rotatable bonds is 2. The Balaban J connectivity index is 1.89. The Morgan fingerprint density at radius 1 is 1.21 bits per heavy atom. The van der Waals surface area contributed by atoms with Crippen molar-refractivity contribution < 1.29 is 4.79 Å². The van der Waals surface area contributed by atoms with Crippen molar-refractivity contribution in [3.63, 3.8) is 0 Å². The van der Waals surface area contributed by atoms with Gasteiger partial charge in [-0.3, -0.25) is 4.79 Å². The average Bonchev–Trinajstić information content (AvgIpc) is 3.00. The van der Waals surface area contributed by atoms with E-state index in [0.717, 1.165) is 24.8 Å². The van der Waals surface area contributed by atoms with E-state index in [1.807, 2.05) is 14.1 Å². The van der Waals surface area contributed by atoms with Gasteiger partial charge in [-0.2, -0.15) is 0 Å². The third-order valence-corrected chi connectivity index (χ3v) is 3.47.